The molecule has 0 bridgehead atoms. The topological polar surface area (TPSA) is 47.8 Å². The van der Waals surface area contributed by atoms with E-state index >= 15 is 0 Å². The Balaban J connectivity index is 3.29. The normalized spacial score (nSPS) is 10.1. The van der Waals surface area contributed by atoms with Crippen molar-refractivity contribution < 1.29 is 0 Å². The van der Waals surface area contributed by atoms with Crippen molar-refractivity contribution >= 4 is 0 Å². The molecule has 0 unspecified atom stereocenters. The van der Waals surface area contributed by atoms with Gasteiger partial charge in [0.15, 0.2) is 0 Å². The van der Waals surface area contributed by atoms with Crippen LogP contribution in [0.15, 0.2) is 0 Å². The molecule has 0 aromatic rings. The van der Waals surface area contributed by atoms with E-state index in [-0.39, 0.29) is 5.41 Å². The van der Waals surface area contributed by atoms with Crippen molar-refractivity contribution in [2.45, 2.75) is 27.2 Å². The van der Waals surface area contributed by atoms with Gasteiger partial charge in [-0.3, -0.25) is 5.32 Å². The zero-order chi connectivity index (χ0) is 10.9. The molecule has 0 aliphatic heterocycles. The lowest BCUT2D eigenvalue weighted by atomic mass is 9.98. The van der Waals surface area contributed by atoms with Gasteiger partial charge < -0.3 is 5.32 Å². The number of hydrogen-bond donors (Lipinski definition) is 2. The first-order valence-electron chi connectivity index (χ1n) is 4.84. The molecule has 0 spiro atoms. The van der Waals surface area contributed by atoms with Crippen LogP contribution in [0.1, 0.15) is 27.2 Å². The van der Waals surface area contributed by atoms with Crippen LogP contribution in [0.3, 0.4) is 0 Å². The summed E-state index contributed by atoms with van der Waals surface area (Å²) >= 11 is 0. The van der Waals surface area contributed by atoms with Gasteiger partial charge in [-0.1, -0.05) is 11.8 Å². The highest BCUT2D eigenvalue weighted by atomic mass is 15.0. The Morgan fingerprint density at radius 2 is 1.93 bits per heavy atom. The first-order valence-corrected chi connectivity index (χ1v) is 4.84. The fraction of sp³-hybridized carbons (Fsp3) is 0.727. The quantitative estimate of drug-likeness (QED) is 0.390. The van der Waals surface area contributed by atoms with Crippen LogP contribution >= 0.6 is 0 Å². The molecule has 0 saturated carbocycles. The predicted octanol–water partition coefficient (Wildman–Crippen LogP) is 1.09. The zero-order valence-electron chi connectivity index (χ0n) is 9.28. The molecule has 2 N–H and O–H groups in total. The van der Waals surface area contributed by atoms with Gasteiger partial charge in [-0.2, -0.15) is 5.26 Å². The minimum absolute atomic E-state index is 0.0793. The van der Waals surface area contributed by atoms with Crippen LogP contribution < -0.4 is 10.6 Å². The summed E-state index contributed by atoms with van der Waals surface area (Å²) in [4.78, 5) is 0. The van der Waals surface area contributed by atoms with E-state index in [1.807, 2.05) is 0 Å². The summed E-state index contributed by atoms with van der Waals surface area (Å²) in [5.74, 6) is 6.18. The van der Waals surface area contributed by atoms with Crippen LogP contribution in [0.5, 0.6) is 0 Å². The molecule has 0 atom stereocenters. The molecule has 0 aromatic carbocycles. The number of nitriles is 1. The molecule has 14 heavy (non-hydrogen) atoms. The standard InChI is InChI=1S/C11H19N3/c1-11(2,3)6-4-8-13-10-14-9-5-7-12/h13-14H,5,8-10H2,1-3H3. The third-order valence-corrected chi connectivity index (χ3v) is 1.34. The van der Waals surface area contributed by atoms with Gasteiger partial charge >= 0.3 is 0 Å². The van der Waals surface area contributed by atoms with Crippen LogP contribution in [0, 0.1) is 28.6 Å². The number of nitrogens with zero attached hydrogens (tertiary/aromatic N) is 1. The second-order valence-corrected chi connectivity index (χ2v) is 4.06. The summed E-state index contributed by atoms with van der Waals surface area (Å²) < 4.78 is 0. The average Bonchev–Trinajstić information content (AvgIpc) is 2.08. The number of rotatable bonds is 5. The zero-order valence-corrected chi connectivity index (χ0v) is 9.28. The number of nitrogens with one attached hydrogen (secondary N) is 2. The number of hydrogen-bond acceptors (Lipinski definition) is 3. The molecule has 78 valence electrons. The lowest BCUT2D eigenvalue weighted by Gasteiger charge is -2.07. The highest BCUT2D eigenvalue weighted by Crippen LogP contribution is 2.09. The summed E-state index contributed by atoms with van der Waals surface area (Å²) in [7, 11) is 0. The van der Waals surface area contributed by atoms with Crippen molar-refractivity contribution in [2.75, 3.05) is 19.8 Å². The summed E-state index contributed by atoms with van der Waals surface area (Å²) in [6.45, 7) is 8.40. The molecule has 0 aliphatic rings. The molecule has 0 aromatic heterocycles. The summed E-state index contributed by atoms with van der Waals surface area (Å²) in [5, 5.41) is 14.5. The Bertz CT molecular complexity index is 234. The van der Waals surface area contributed by atoms with Crippen molar-refractivity contribution in [2.24, 2.45) is 5.41 Å². The van der Waals surface area contributed by atoms with E-state index in [9.17, 15) is 0 Å². The molecule has 0 radical (unpaired) electrons. The van der Waals surface area contributed by atoms with E-state index in [1.165, 1.54) is 0 Å². The fourth-order valence-corrected chi connectivity index (χ4v) is 0.755. The van der Waals surface area contributed by atoms with Crippen LogP contribution in [-0.2, 0) is 0 Å². The van der Waals surface area contributed by atoms with Crippen molar-refractivity contribution in [3.05, 3.63) is 0 Å². The van der Waals surface area contributed by atoms with Crippen LogP contribution in [-0.4, -0.2) is 19.8 Å². The summed E-state index contributed by atoms with van der Waals surface area (Å²) in [6, 6.07) is 2.07. The Labute approximate surface area is 86.9 Å². The first kappa shape index (κ1) is 13.0. The molecule has 0 heterocycles. The second kappa shape index (κ2) is 7.38. The van der Waals surface area contributed by atoms with Gasteiger partial charge in [0.25, 0.3) is 0 Å². The van der Waals surface area contributed by atoms with Gasteiger partial charge in [-0.25, -0.2) is 0 Å². The van der Waals surface area contributed by atoms with Crippen molar-refractivity contribution in [3.63, 3.8) is 0 Å². The summed E-state index contributed by atoms with van der Waals surface area (Å²) in [6.07, 6.45) is 0.551. The SMILES string of the molecule is CC(C)(C)C#CCNCNCCC#N. The van der Waals surface area contributed by atoms with Gasteiger partial charge in [-0.05, 0) is 20.8 Å². The predicted molar refractivity (Wildman–Crippen MR) is 58.3 cm³/mol. The third kappa shape index (κ3) is 11.0. The monoisotopic (exact) mass is 193 g/mol. The maximum Gasteiger partial charge on any atom is 0.0635 e. The largest absolute Gasteiger partial charge is 0.303 e. The first-order chi connectivity index (χ1) is 6.56. The molecule has 0 aliphatic carbocycles. The van der Waals surface area contributed by atoms with Crippen LogP contribution in [0.2, 0.25) is 0 Å². The maximum absolute atomic E-state index is 8.26. The Hall–Kier alpha value is -1.03. The second-order valence-electron chi connectivity index (χ2n) is 4.06. The molecule has 3 heteroatoms. The van der Waals surface area contributed by atoms with Crippen LogP contribution in [0.4, 0.5) is 0 Å². The lowest BCUT2D eigenvalue weighted by Crippen LogP contribution is -2.29. The maximum atomic E-state index is 8.26. The molecule has 0 fully saturated rings. The smallest absolute Gasteiger partial charge is 0.0635 e. The van der Waals surface area contributed by atoms with Crippen molar-refractivity contribution in [1.82, 2.24) is 10.6 Å². The Morgan fingerprint density at radius 3 is 2.50 bits per heavy atom. The molecule has 3 nitrogen and oxygen atoms in total. The molecule has 0 saturated heterocycles. The van der Waals surface area contributed by atoms with E-state index in [0.717, 1.165) is 6.54 Å². The molecule has 0 amide bonds. The average molecular weight is 193 g/mol. The Morgan fingerprint density at radius 1 is 1.21 bits per heavy atom. The van der Waals surface area contributed by atoms with Crippen LogP contribution in [0.25, 0.3) is 0 Å². The minimum atomic E-state index is 0.0793. The van der Waals surface area contributed by atoms with E-state index in [1.54, 1.807) is 0 Å². The minimum Gasteiger partial charge on any atom is -0.303 e. The molecular weight excluding hydrogens is 174 g/mol. The molecule has 0 rings (SSSR count). The van der Waals surface area contributed by atoms with Gasteiger partial charge in [0.1, 0.15) is 0 Å². The lowest BCUT2D eigenvalue weighted by molar-refractivity contribution is 0.568. The fourth-order valence-electron chi connectivity index (χ4n) is 0.755. The summed E-state index contributed by atoms with van der Waals surface area (Å²) in [5.41, 5.74) is 0.0793. The highest BCUT2D eigenvalue weighted by Gasteiger charge is 2.02. The van der Waals surface area contributed by atoms with E-state index < -0.39 is 0 Å². The van der Waals surface area contributed by atoms with Gasteiger partial charge in [-0.15, -0.1) is 0 Å². The van der Waals surface area contributed by atoms with E-state index in [4.69, 9.17) is 5.26 Å². The van der Waals surface area contributed by atoms with Gasteiger partial charge in [0.05, 0.1) is 12.6 Å². The third-order valence-electron chi connectivity index (χ3n) is 1.34. The van der Waals surface area contributed by atoms with Gasteiger partial charge in [0.2, 0.25) is 0 Å². The van der Waals surface area contributed by atoms with Crippen molar-refractivity contribution in [3.8, 4) is 17.9 Å². The van der Waals surface area contributed by atoms with Crippen molar-refractivity contribution in [1.29, 1.82) is 5.26 Å². The Kier molecular flexibility index (Phi) is 6.84. The van der Waals surface area contributed by atoms with E-state index in [0.29, 0.717) is 19.6 Å². The molecular formula is C11H19N3. The van der Waals surface area contributed by atoms with E-state index in [2.05, 4.69) is 49.3 Å². The van der Waals surface area contributed by atoms with Gasteiger partial charge in [0, 0.05) is 25.0 Å². The highest BCUT2D eigenvalue weighted by molar-refractivity contribution is 5.08.